The van der Waals surface area contributed by atoms with Gasteiger partial charge in [-0.05, 0) is 11.6 Å². The fraction of sp³-hybridized carbons (Fsp3) is 0.273. The van der Waals surface area contributed by atoms with E-state index in [9.17, 15) is 9.59 Å². The standard InChI is InChI=1S/C11H13NO4/c1-7(13)12-10-6-9(16-2)4-3-8(10)5-11(14)15/h3-4,6H,5H2,1-2H3,(H,12,13)(H,14,15). The molecule has 0 aromatic heterocycles. The van der Waals surface area contributed by atoms with E-state index in [2.05, 4.69) is 5.32 Å². The van der Waals surface area contributed by atoms with Crippen molar-refractivity contribution in [3.63, 3.8) is 0 Å². The predicted octanol–water partition coefficient (Wildman–Crippen LogP) is 1.28. The lowest BCUT2D eigenvalue weighted by atomic mass is 10.1. The molecule has 2 N–H and O–H groups in total. The van der Waals surface area contributed by atoms with Crippen LogP contribution < -0.4 is 10.1 Å². The molecular formula is C11H13NO4. The molecule has 0 heterocycles. The lowest BCUT2D eigenvalue weighted by Crippen LogP contribution is -2.10. The van der Waals surface area contributed by atoms with Crippen molar-refractivity contribution in [3.8, 4) is 5.75 Å². The van der Waals surface area contributed by atoms with Crippen molar-refractivity contribution < 1.29 is 19.4 Å². The van der Waals surface area contributed by atoms with Gasteiger partial charge in [0.1, 0.15) is 5.75 Å². The van der Waals surface area contributed by atoms with Gasteiger partial charge in [0.05, 0.1) is 13.5 Å². The number of benzene rings is 1. The Morgan fingerprint density at radius 2 is 2.12 bits per heavy atom. The largest absolute Gasteiger partial charge is 0.497 e. The molecule has 0 atom stereocenters. The Balaban J connectivity index is 3.05. The summed E-state index contributed by atoms with van der Waals surface area (Å²) in [5, 5.41) is 11.3. The van der Waals surface area contributed by atoms with E-state index in [1.54, 1.807) is 18.2 Å². The number of aliphatic carboxylic acids is 1. The first-order chi connectivity index (χ1) is 7.52. The molecule has 0 aliphatic rings. The molecule has 1 aromatic carbocycles. The maximum Gasteiger partial charge on any atom is 0.307 e. The second kappa shape index (κ2) is 5.16. The average molecular weight is 223 g/mol. The smallest absolute Gasteiger partial charge is 0.307 e. The summed E-state index contributed by atoms with van der Waals surface area (Å²) in [6, 6.07) is 4.88. The number of amides is 1. The van der Waals surface area contributed by atoms with Crippen LogP contribution in [0.4, 0.5) is 5.69 Å². The fourth-order valence-corrected chi connectivity index (χ4v) is 1.31. The number of carbonyl (C=O) groups is 2. The van der Waals surface area contributed by atoms with Crippen molar-refractivity contribution in [1.82, 2.24) is 0 Å². The first-order valence-corrected chi connectivity index (χ1v) is 4.69. The minimum atomic E-state index is -0.947. The first kappa shape index (κ1) is 12.0. The van der Waals surface area contributed by atoms with Crippen LogP contribution in [0.3, 0.4) is 0 Å². The van der Waals surface area contributed by atoms with Crippen molar-refractivity contribution in [2.45, 2.75) is 13.3 Å². The lowest BCUT2D eigenvalue weighted by Gasteiger charge is -2.10. The number of hydrogen-bond acceptors (Lipinski definition) is 3. The minimum absolute atomic E-state index is 0.139. The van der Waals surface area contributed by atoms with E-state index in [0.29, 0.717) is 17.0 Å². The second-order valence-corrected chi connectivity index (χ2v) is 3.27. The van der Waals surface area contributed by atoms with Crippen LogP contribution in [0.25, 0.3) is 0 Å². The van der Waals surface area contributed by atoms with E-state index in [1.807, 2.05) is 0 Å². The highest BCUT2D eigenvalue weighted by Crippen LogP contribution is 2.23. The molecule has 16 heavy (non-hydrogen) atoms. The van der Waals surface area contributed by atoms with Gasteiger partial charge in [0, 0.05) is 18.7 Å². The summed E-state index contributed by atoms with van der Waals surface area (Å²) >= 11 is 0. The third-order valence-electron chi connectivity index (χ3n) is 1.97. The Kier molecular flexibility index (Phi) is 3.88. The van der Waals surface area contributed by atoms with Crippen LogP contribution >= 0.6 is 0 Å². The molecule has 0 saturated heterocycles. The third kappa shape index (κ3) is 3.27. The summed E-state index contributed by atoms with van der Waals surface area (Å²) in [5.41, 5.74) is 1.01. The normalized spacial score (nSPS) is 9.62. The average Bonchev–Trinajstić information content (AvgIpc) is 2.19. The van der Waals surface area contributed by atoms with E-state index in [4.69, 9.17) is 9.84 Å². The van der Waals surface area contributed by atoms with Gasteiger partial charge in [-0.1, -0.05) is 6.07 Å². The molecule has 0 aliphatic carbocycles. The molecule has 0 fully saturated rings. The Morgan fingerprint density at radius 1 is 1.44 bits per heavy atom. The number of rotatable bonds is 4. The maximum atomic E-state index is 11.0. The number of carboxylic acid groups (broad SMARTS) is 1. The SMILES string of the molecule is COc1ccc(CC(=O)O)c(NC(C)=O)c1. The molecule has 0 radical (unpaired) electrons. The van der Waals surface area contributed by atoms with Crippen molar-refractivity contribution in [2.75, 3.05) is 12.4 Å². The van der Waals surface area contributed by atoms with Crippen LogP contribution in [0.5, 0.6) is 5.75 Å². The van der Waals surface area contributed by atoms with Gasteiger partial charge >= 0.3 is 5.97 Å². The highest BCUT2D eigenvalue weighted by molar-refractivity contribution is 5.90. The molecule has 0 bridgehead atoms. The molecule has 0 aliphatic heterocycles. The maximum absolute atomic E-state index is 11.0. The Hall–Kier alpha value is -2.04. The van der Waals surface area contributed by atoms with Gasteiger partial charge in [-0.15, -0.1) is 0 Å². The number of carbonyl (C=O) groups excluding carboxylic acids is 1. The van der Waals surface area contributed by atoms with Gasteiger partial charge < -0.3 is 15.2 Å². The van der Waals surface area contributed by atoms with Gasteiger partial charge in [-0.3, -0.25) is 9.59 Å². The number of nitrogens with one attached hydrogen (secondary N) is 1. The predicted molar refractivity (Wildman–Crippen MR) is 58.6 cm³/mol. The Morgan fingerprint density at radius 3 is 2.62 bits per heavy atom. The van der Waals surface area contributed by atoms with E-state index in [1.165, 1.54) is 14.0 Å². The Bertz CT molecular complexity index is 414. The quantitative estimate of drug-likeness (QED) is 0.806. The zero-order valence-electron chi connectivity index (χ0n) is 9.11. The number of carboxylic acids is 1. The molecule has 1 amide bonds. The summed E-state index contributed by atoms with van der Waals surface area (Å²) < 4.78 is 5.00. The van der Waals surface area contributed by atoms with Crippen molar-refractivity contribution in [2.24, 2.45) is 0 Å². The van der Waals surface area contributed by atoms with Crippen LogP contribution in [0.1, 0.15) is 12.5 Å². The van der Waals surface area contributed by atoms with Gasteiger partial charge in [0.2, 0.25) is 5.91 Å². The fourth-order valence-electron chi connectivity index (χ4n) is 1.31. The van der Waals surface area contributed by atoms with Gasteiger partial charge in [0.25, 0.3) is 0 Å². The molecule has 5 nitrogen and oxygen atoms in total. The molecule has 0 unspecified atom stereocenters. The molecule has 0 spiro atoms. The summed E-state index contributed by atoms with van der Waals surface area (Å²) in [5.74, 6) is -0.630. The van der Waals surface area contributed by atoms with Gasteiger partial charge in [0.15, 0.2) is 0 Å². The minimum Gasteiger partial charge on any atom is -0.497 e. The van der Waals surface area contributed by atoms with Crippen LogP contribution in [0, 0.1) is 0 Å². The summed E-state index contributed by atoms with van der Waals surface area (Å²) in [4.78, 5) is 21.6. The number of anilines is 1. The monoisotopic (exact) mass is 223 g/mol. The van der Waals surface area contributed by atoms with Crippen LogP contribution in [-0.4, -0.2) is 24.1 Å². The van der Waals surface area contributed by atoms with E-state index in [0.717, 1.165) is 0 Å². The zero-order chi connectivity index (χ0) is 12.1. The summed E-state index contributed by atoms with van der Waals surface area (Å²) in [7, 11) is 1.50. The summed E-state index contributed by atoms with van der Waals surface area (Å²) in [6.07, 6.45) is -0.139. The van der Waals surface area contributed by atoms with Crippen molar-refractivity contribution >= 4 is 17.6 Å². The van der Waals surface area contributed by atoms with Crippen molar-refractivity contribution in [1.29, 1.82) is 0 Å². The highest BCUT2D eigenvalue weighted by atomic mass is 16.5. The van der Waals surface area contributed by atoms with E-state index < -0.39 is 5.97 Å². The number of ether oxygens (including phenoxy) is 1. The number of hydrogen-bond donors (Lipinski definition) is 2. The van der Waals surface area contributed by atoms with Crippen LogP contribution in [0.2, 0.25) is 0 Å². The van der Waals surface area contributed by atoms with Gasteiger partial charge in [-0.25, -0.2) is 0 Å². The Labute approximate surface area is 93.0 Å². The van der Waals surface area contributed by atoms with Crippen LogP contribution in [0.15, 0.2) is 18.2 Å². The number of methoxy groups -OCH3 is 1. The van der Waals surface area contributed by atoms with Crippen LogP contribution in [-0.2, 0) is 16.0 Å². The summed E-state index contributed by atoms with van der Waals surface area (Å²) in [6.45, 7) is 1.37. The topological polar surface area (TPSA) is 75.6 Å². The zero-order valence-corrected chi connectivity index (χ0v) is 9.11. The van der Waals surface area contributed by atoms with E-state index in [-0.39, 0.29) is 12.3 Å². The molecule has 0 saturated carbocycles. The van der Waals surface area contributed by atoms with E-state index >= 15 is 0 Å². The molecule has 86 valence electrons. The first-order valence-electron chi connectivity index (χ1n) is 4.69. The lowest BCUT2D eigenvalue weighted by molar-refractivity contribution is -0.136. The molecule has 5 heteroatoms. The third-order valence-corrected chi connectivity index (χ3v) is 1.97. The molecule has 1 aromatic rings. The van der Waals surface area contributed by atoms with Gasteiger partial charge in [-0.2, -0.15) is 0 Å². The molecular weight excluding hydrogens is 210 g/mol. The van der Waals surface area contributed by atoms with Crippen molar-refractivity contribution in [3.05, 3.63) is 23.8 Å². The highest BCUT2D eigenvalue weighted by Gasteiger charge is 2.09. The molecule has 1 rings (SSSR count). The second-order valence-electron chi connectivity index (χ2n) is 3.27.